The molecule has 0 aliphatic heterocycles. The molecule has 12 nitrogen and oxygen atoms in total. The zero-order valence-electron chi connectivity index (χ0n) is 18.8. The highest BCUT2D eigenvalue weighted by molar-refractivity contribution is 5.94. The summed E-state index contributed by atoms with van der Waals surface area (Å²) in [6, 6.07) is -4.42. The third-order valence-corrected chi connectivity index (χ3v) is 4.71. The summed E-state index contributed by atoms with van der Waals surface area (Å²) in [5.74, 6) is -3.52. The molecule has 0 fully saturated rings. The minimum Gasteiger partial charge on any atom is -0.480 e. The SMILES string of the molecule is CC(C)CC(NC(=O)C(N)CO)C(=O)NC(C(=O)NC(Cc1cnc[nH]1)C(=O)O)C(C)C. The molecule has 0 aromatic carbocycles. The Labute approximate surface area is 186 Å². The number of nitrogens with zero attached hydrogens (tertiary/aromatic N) is 1. The van der Waals surface area contributed by atoms with Gasteiger partial charge in [0.15, 0.2) is 0 Å². The monoisotopic (exact) mass is 454 g/mol. The molecule has 4 atom stereocenters. The van der Waals surface area contributed by atoms with Crippen LogP contribution in [0.1, 0.15) is 39.8 Å². The minimum absolute atomic E-state index is 0.00901. The molecule has 32 heavy (non-hydrogen) atoms. The van der Waals surface area contributed by atoms with E-state index in [4.69, 9.17) is 10.8 Å². The molecular formula is C20H34N6O6. The van der Waals surface area contributed by atoms with E-state index in [0.29, 0.717) is 5.69 Å². The lowest BCUT2D eigenvalue weighted by molar-refractivity contribution is -0.142. The van der Waals surface area contributed by atoms with Crippen LogP contribution in [0.4, 0.5) is 0 Å². The Bertz CT molecular complexity index is 767. The number of aliphatic carboxylic acids is 1. The summed E-state index contributed by atoms with van der Waals surface area (Å²) in [6.45, 7) is 6.54. The molecule has 1 heterocycles. The molecule has 0 aliphatic rings. The van der Waals surface area contributed by atoms with Crippen LogP contribution >= 0.6 is 0 Å². The van der Waals surface area contributed by atoms with Crippen LogP contribution in [0.25, 0.3) is 0 Å². The first-order valence-corrected chi connectivity index (χ1v) is 10.4. The van der Waals surface area contributed by atoms with Gasteiger partial charge in [0.05, 0.1) is 12.9 Å². The van der Waals surface area contributed by atoms with E-state index in [0.717, 1.165) is 0 Å². The van der Waals surface area contributed by atoms with Crippen LogP contribution in [0.15, 0.2) is 12.5 Å². The van der Waals surface area contributed by atoms with E-state index in [1.807, 2.05) is 13.8 Å². The first-order valence-electron chi connectivity index (χ1n) is 10.4. The van der Waals surface area contributed by atoms with Gasteiger partial charge in [0, 0.05) is 18.3 Å². The summed E-state index contributed by atoms with van der Waals surface area (Å²) in [5.41, 5.74) is 6.04. The topological polar surface area (TPSA) is 200 Å². The van der Waals surface area contributed by atoms with Crippen molar-refractivity contribution in [1.29, 1.82) is 0 Å². The molecule has 1 aromatic rings. The van der Waals surface area contributed by atoms with Crippen molar-refractivity contribution in [3.63, 3.8) is 0 Å². The quantitative estimate of drug-likeness (QED) is 0.187. The number of carbonyl (C=O) groups excluding carboxylic acids is 3. The maximum Gasteiger partial charge on any atom is 0.326 e. The zero-order chi connectivity index (χ0) is 24.4. The van der Waals surface area contributed by atoms with E-state index in [1.165, 1.54) is 12.5 Å². The largest absolute Gasteiger partial charge is 0.480 e. The number of carboxylic acids is 1. The number of nitrogens with one attached hydrogen (secondary N) is 4. The molecule has 0 saturated heterocycles. The van der Waals surface area contributed by atoms with Crippen LogP contribution in [0, 0.1) is 11.8 Å². The lowest BCUT2D eigenvalue weighted by Gasteiger charge is -2.27. The fourth-order valence-corrected chi connectivity index (χ4v) is 2.93. The number of aliphatic hydroxyl groups excluding tert-OH is 1. The van der Waals surface area contributed by atoms with Gasteiger partial charge >= 0.3 is 5.97 Å². The van der Waals surface area contributed by atoms with Gasteiger partial charge in [0.2, 0.25) is 17.7 Å². The summed E-state index contributed by atoms with van der Waals surface area (Å²) >= 11 is 0. The third kappa shape index (κ3) is 8.63. The molecule has 1 rings (SSSR count). The summed E-state index contributed by atoms with van der Waals surface area (Å²) in [7, 11) is 0. The van der Waals surface area contributed by atoms with Crippen molar-refractivity contribution in [2.24, 2.45) is 17.6 Å². The van der Waals surface area contributed by atoms with E-state index >= 15 is 0 Å². The highest BCUT2D eigenvalue weighted by atomic mass is 16.4. The van der Waals surface area contributed by atoms with Gasteiger partial charge in [-0.15, -0.1) is 0 Å². The van der Waals surface area contributed by atoms with Crippen molar-refractivity contribution in [2.75, 3.05) is 6.61 Å². The average molecular weight is 455 g/mol. The van der Waals surface area contributed by atoms with E-state index < -0.39 is 54.5 Å². The van der Waals surface area contributed by atoms with Crippen LogP contribution in [0.5, 0.6) is 0 Å². The van der Waals surface area contributed by atoms with E-state index in [1.54, 1.807) is 13.8 Å². The number of amides is 3. The Morgan fingerprint density at radius 1 is 1.03 bits per heavy atom. The van der Waals surface area contributed by atoms with Crippen LogP contribution < -0.4 is 21.7 Å². The Balaban J connectivity index is 2.92. The standard InChI is InChI=1S/C20H34N6O6/c1-10(2)5-14(24-17(28)13(21)8-27)18(29)26-16(11(3)4)19(30)25-15(20(31)32)6-12-7-22-9-23-12/h7,9-11,13-16,27H,5-6,8,21H2,1-4H3,(H,22,23)(H,24,28)(H,25,30)(H,26,29)(H,31,32). The smallest absolute Gasteiger partial charge is 0.326 e. The van der Waals surface area contributed by atoms with Gasteiger partial charge in [0.25, 0.3) is 0 Å². The number of aliphatic hydroxyl groups is 1. The fourth-order valence-electron chi connectivity index (χ4n) is 2.93. The van der Waals surface area contributed by atoms with Crippen molar-refractivity contribution >= 4 is 23.7 Å². The summed E-state index contributed by atoms with van der Waals surface area (Å²) in [4.78, 5) is 56.0. The lowest BCUT2D eigenvalue weighted by Crippen LogP contribution is -2.59. The minimum atomic E-state index is -1.23. The van der Waals surface area contributed by atoms with Crippen molar-refractivity contribution in [3.05, 3.63) is 18.2 Å². The number of rotatable bonds is 13. The van der Waals surface area contributed by atoms with Gasteiger partial charge < -0.3 is 36.9 Å². The second kappa shape index (κ2) is 12.8. The highest BCUT2D eigenvalue weighted by Crippen LogP contribution is 2.09. The van der Waals surface area contributed by atoms with Crippen LogP contribution in [-0.2, 0) is 25.6 Å². The van der Waals surface area contributed by atoms with Crippen molar-refractivity contribution in [2.45, 2.75) is 64.7 Å². The molecule has 0 saturated carbocycles. The molecule has 0 spiro atoms. The van der Waals surface area contributed by atoms with E-state index in [-0.39, 0.29) is 24.7 Å². The third-order valence-electron chi connectivity index (χ3n) is 4.71. The first kappa shape index (κ1) is 27.0. The number of nitrogens with two attached hydrogens (primary N) is 1. The number of aromatic amines is 1. The van der Waals surface area contributed by atoms with Crippen LogP contribution in [0.3, 0.4) is 0 Å². The molecule has 12 heteroatoms. The number of hydrogen-bond donors (Lipinski definition) is 7. The summed E-state index contributed by atoms with van der Waals surface area (Å²) in [6.07, 6.45) is 3.13. The summed E-state index contributed by atoms with van der Waals surface area (Å²) in [5, 5.41) is 26.1. The molecule has 1 aromatic heterocycles. The maximum atomic E-state index is 12.9. The Kier molecular flexibility index (Phi) is 10.8. The molecule has 180 valence electrons. The van der Waals surface area contributed by atoms with Crippen molar-refractivity contribution in [1.82, 2.24) is 25.9 Å². The average Bonchev–Trinajstić information content (AvgIpc) is 3.22. The van der Waals surface area contributed by atoms with Gasteiger partial charge in [-0.1, -0.05) is 27.7 Å². The molecule has 4 unspecified atom stereocenters. The molecule has 0 radical (unpaired) electrons. The Morgan fingerprint density at radius 2 is 1.66 bits per heavy atom. The van der Waals surface area contributed by atoms with Crippen LogP contribution in [-0.4, -0.2) is 74.6 Å². The van der Waals surface area contributed by atoms with Crippen molar-refractivity contribution in [3.8, 4) is 0 Å². The molecule has 0 bridgehead atoms. The number of carboxylic acid groups (broad SMARTS) is 1. The number of aromatic nitrogens is 2. The first-order chi connectivity index (χ1) is 15.0. The van der Waals surface area contributed by atoms with Gasteiger partial charge in [-0.3, -0.25) is 14.4 Å². The number of carbonyl (C=O) groups is 4. The molecule has 8 N–H and O–H groups in total. The predicted octanol–water partition coefficient (Wildman–Crippen LogP) is -1.49. The van der Waals surface area contributed by atoms with E-state index in [2.05, 4.69) is 25.9 Å². The van der Waals surface area contributed by atoms with Gasteiger partial charge in [0.1, 0.15) is 24.2 Å². The fraction of sp³-hybridized carbons (Fsp3) is 0.650. The van der Waals surface area contributed by atoms with Crippen molar-refractivity contribution < 1.29 is 29.4 Å². The predicted molar refractivity (Wildman–Crippen MR) is 115 cm³/mol. The summed E-state index contributed by atoms with van der Waals surface area (Å²) < 4.78 is 0. The van der Waals surface area contributed by atoms with E-state index in [9.17, 15) is 24.3 Å². The number of imidazole rings is 1. The Hall–Kier alpha value is -2.99. The van der Waals surface area contributed by atoms with Gasteiger partial charge in [-0.05, 0) is 18.3 Å². The number of H-pyrrole nitrogens is 1. The Morgan fingerprint density at radius 3 is 2.12 bits per heavy atom. The second-order valence-electron chi connectivity index (χ2n) is 8.39. The molecular weight excluding hydrogens is 420 g/mol. The molecule has 0 aliphatic carbocycles. The highest BCUT2D eigenvalue weighted by Gasteiger charge is 2.32. The van der Waals surface area contributed by atoms with Gasteiger partial charge in [-0.2, -0.15) is 0 Å². The lowest BCUT2D eigenvalue weighted by atomic mass is 9.99. The maximum absolute atomic E-state index is 12.9. The van der Waals surface area contributed by atoms with Gasteiger partial charge in [-0.25, -0.2) is 9.78 Å². The zero-order valence-corrected chi connectivity index (χ0v) is 18.8. The second-order valence-corrected chi connectivity index (χ2v) is 8.39. The van der Waals surface area contributed by atoms with Crippen LogP contribution in [0.2, 0.25) is 0 Å². The molecule has 3 amide bonds. The normalized spacial score (nSPS) is 15.0. The number of hydrogen-bond acceptors (Lipinski definition) is 7.